The minimum absolute atomic E-state index is 0.0334. The van der Waals surface area contributed by atoms with Gasteiger partial charge in [-0.05, 0) is 31.0 Å². The number of hydrogen-bond donors (Lipinski definition) is 1. The Morgan fingerprint density at radius 1 is 1.10 bits per heavy atom. The lowest BCUT2D eigenvalue weighted by molar-refractivity contribution is 0.232. The Morgan fingerprint density at radius 2 is 1.86 bits per heavy atom. The molecule has 0 fully saturated rings. The van der Waals surface area contributed by atoms with Crippen molar-refractivity contribution in [3.8, 4) is 23.5 Å². The van der Waals surface area contributed by atoms with Gasteiger partial charge in [0, 0.05) is 41.4 Å². The molecule has 4 rings (SSSR count). The van der Waals surface area contributed by atoms with Crippen molar-refractivity contribution in [2.45, 2.75) is 46.4 Å². The predicted molar refractivity (Wildman–Crippen MR) is 160 cm³/mol. The second-order valence-corrected chi connectivity index (χ2v) is 10.5. The zero-order valence-electron chi connectivity index (χ0n) is 23.5. The molecule has 0 saturated carbocycles. The molecule has 1 atom stereocenters. The molecule has 0 bridgehead atoms. The van der Waals surface area contributed by atoms with E-state index in [1.54, 1.807) is 6.07 Å². The number of ether oxygens (including phenoxy) is 2. The molecule has 42 heavy (non-hydrogen) atoms. The average molecular weight is 588 g/mol. The number of nitrogens with zero attached hydrogens (tertiary/aromatic N) is 4. The number of aryl methyl sites for hydroxylation is 1. The van der Waals surface area contributed by atoms with Crippen molar-refractivity contribution in [3.63, 3.8) is 0 Å². The van der Waals surface area contributed by atoms with E-state index in [0.717, 1.165) is 30.9 Å². The first-order valence-corrected chi connectivity index (χ1v) is 14.0. The highest BCUT2D eigenvalue weighted by Crippen LogP contribution is 2.37. The standard InChI is InChI=1S/C31H29BClF2N5O2/c1-4-20(8-9-32(3)18-37)16-41-30-13-27-23(10-25(30)34)31(21(14-36)15-38-27)40-28-12-26(35)29(11-24(28)33)42-17-22-7-5-6-19(2)39-22/h5-7,10-13,15,20H,4,8-9,16-17H2,1-3H3,(H,38,40). The Kier molecular flexibility index (Phi) is 10.2. The molecular weight excluding hydrogens is 559 g/mol. The Bertz CT molecular complexity index is 1670. The number of anilines is 2. The van der Waals surface area contributed by atoms with E-state index in [4.69, 9.17) is 26.3 Å². The molecular formula is C31H29BClF2N5O2. The largest absolute Gasteiger partial charge is 0.490 e. The van der Waals surface area contributed by atoms with Gasteiger partial charge in [0.2, 0.25) is 0 Å². The van der Waals surface area contributed by atoms with Crippen molar-refractivity contribution >= 4 is 40.6 Å². The first-order valence-electron chi connectivity index (χ1n) is 13.6. The van der Waals surface area contributed by atoms with Gasteiger partial charge in [0.25, 0.3) is 6.71 Å². The van der Waals surface area contributed by atoms with Gasteiger partial charge in [-0.1, -0.05) is 50.6 Å². The fourth-order valence-corrected chi connectivity index (χ4v) is 4.59. The highest BCUT2D eigenvalue weighted by atomic mass is 35.5. The monoisotopic (exact) mass is 587 g/mol. The number of hydrogen-bond acceptors (Lipinski definition) is 7. The molecule has 1 unspecified atom stereocenters. The molecule has 4 aromatic rings. The van der Waals surface area contributed by atoms with E-state index in [-0.39, 0.29) is 52.7 Å². The molecule has 0 amide bonds. The molecule has 214 valence electrons. The Morgan fingerprint density at radius 3 is 2.57 bits per heavy atom. The number of fused-ring (bicyclic) bond motifs is 1. The molecule has 0 aliphatic rings. The number of nitrogens with one attached hydrogen (secondary N) is 1. The summed E-state index contributed by atoms with van der Waals surface area (Å²) in [5.41, 5.74) is 2.34. The molecule has 2 heterocycles. The molecule has 0 spiro atoms. The third-order valence-electron chi connectivity index (χ3n) is 6.93. The van der Waals surface area contributed by atoms with Gasteiger partial charge in [-0.25, -0.2) is 14.0 Å². The lowest BCUT2D eigenvalue weighted by Gasteiger charge is -2.18. The lowest BCUT2D eigenvalue weighted by Crippen LogP contribution is -2.15. The lowest BCUT2D eigenvalue weighted by atomic mass is 9.50. The molecule has 2 aromatic carbocycles. The highest BCUT2D eigenvalue weighted by Gasteiger charge is 2.18. The first-order chi connectivity index (χ1) is 20.2. The van der Waals surface area contributed by atoms with Crippen LogP contribution in [0.2, 0.25) is 18.2 Å². The zero-order chi connectivity index (χ0) is 30.2. The third kappa shape index (κ3) is 7.45. The minimum atomic E-state index is -0.678. The van der Waals surface area contributed by atoms with E-state index in [9.17, 15) is 5.26 Å². The quantitative estimate of drug-likeness (QED) is 0.167. The number of benzene rings is 2. The van der Waals surface area contributed by atoms with Crippen LogP contribution in [-0.2, 0) is 6.61 Å². The first kappa shape index (κ1) is 30.6. The van der Waals surface area contributed by atoms with Crippen molar-refractivity contribution < 1.29 is 18.3 Å². The third-order valence-corrected chi connectivity index (χ3v) is 7.24. The number of rotatable bonds is 12. The average Bonchev–Trinajstić information content (AvgIpc) is 2.98. The Balaban J connectivity index is 1.56. The molecule has 11 heteroatoms. The molecule has 0 radical (unpaired) electrons. The number of halogens is 3. The van der Waals surface area contributed by atoms with Gasteiger partial charge < -0.3 is 14.8 Å². The van der Waals surface area contributed by atoms with Gasteiger partial charge in [0.05, 0.1) is 39.8 Å². The van der Waals surface area contributed by atoms with Crippen LogP contribution in [0.5, 0.6) is 11.5 Å². The minimum Gasteiger partial charge on any atom is -0.490 e. The summed E-state index contributed by atoms with van der Waals surface area (Å²) in [6.45, 7) is 6.04. The molecule has 1 N–H and O–H groups in total. The normalized spacial score (nSPS) is 11.4. The summed E-state index contributed by atoms with van der Waals surface area (Å²) in [5.74, 6) is 1.06. The molecule has 0 aliphatic carbocycles. The van der Waals surface area contributed by atoms with E-state index < -0.39 is 11.6 Å². The maximum absolute atomic E-state index is 15.2. The SMILES string of the molecule is CCC(CCB(C)C#N)COc1cc2ncc(C#N)c(Nc3cc(F)c(OCc4cccc(C)n4)cc3Cl)c2cc1F. The van der Waals surface area contributed by atoms with Crippen molar-refractivity contribution in [2.24, 2.45) is 5.92 Å². The van der Waals surface area contributed by atoms with Crippen molar-refractivity contribution in [1.29, 1.82) is 10.5 Å². The van der Waals surface area contributed by atoms with Crippen LogP contribution >= 0.6 is 11.6 Å². The van der Waals surface area contributed by atoms with E-state index in [1.165, 1.54) is 24.4 Å². The summed E-state index contributed by atoms with van der Waals surface area (Å²) in [7, 11) is 0. The van der Waals surface area contributed by atoms with E-state index in [0.29, 0.717) is 23.2 Å². The summed E-state index contributed by atoms with van der Waals surface area (Å²) in [5, 5.41) is 22.2. The van der Waals surface area contributed by atoms with Crippen LogP contribution in [-0.4, -0.2) is 23.3 Å². The van der Waals surface area contributed by atoms with Crippen LogP contribution in [0.1, 0.15) is 36.7 Å². The van der Waals surface area contributed by atoms with Crippen LogP contribution < -0.4 is 14.8 Å². The summed E-state index contributed by atoms with van der Waals surface area (Å²) >= 11 is 6.47. The van der Waals surface area contributed by atoms with Gasteiger partial charge in [-0.2, -0.15) is 5.26 Å². The molecule has 7 nitrogen and oxygen atoms in total. The van der Waals surface area contributed by atoms with Crippen LogP contribution in [0.25, 0.3) is 10.9 Å². The van der Waals surface area contributed by atoms with E-state index in [2.05, 4.69) is 21.3 Å². The summed E-state index contributed by atoms with van der Waals surface area (Å²) in [4.78, 5) is 8.65. The van der Waals surface area contributed by atoms with Crippen LogP contribution in [0.4, 0.5) is 20.2 Å². The van der Waals surface area contributed by atoms with Crippen molar-refractivity contribution in [3.05, 3.63) is 82.3 Å². The topological polar surface area (TPSA) is 104 Å². The Hall–Kier alpha value is -4.41. The summed E-state index contributed by atoms with van der Waals surface area (Å²) < 4.78 is 41.7. The smallest absolute Gasteiger partial charge is 0.264 e. The number of nitriles is 2. The van der Waals surface area contributed by atoms with Crippen LogP contribution in [0.3, 0.4) is 0 Å². The predicted octanol–water partition coefficient (Wildman–Crippen LogP) is 8.05. The van der Waals surface area contributed by atoms with Crippen molar-refractivity contribution in [1.82, 2.24) is 9.97 Å². The fraction of sp³-hybridized carbons (Fsp3) is 0.290. The Labute approximate surface area is 249 Å². The van der Waals surface area contributed by atoms with E-state index >= 15 is 8.78 Å². The van der Waals surface area contributed by atoms with Crippen LogP contribution in [0.15, 0.2) is 48.7 Å². The molecule has 0 saturated heterocycles. The van der Waals surface area contributed by atoms with Gasteiger partial charge >= 0.3 is 0 Å². The zero-order valence-corrected chi connectivity index (χ0v) is 24.3. The maximum Gasteiger partial charge on any atom is 0.264 e. The number of aromatic nitrogens is 2. The number of pyridine rings is 2. The van der Waals surface area contributed by atoms with Gasteiger partial charge in [-0.15, -0.1) is 0 Å². The van der Waals surface area contributed by atoms with Gasteiger partial charge in [0.1, 0.15) is 12.7 Å². The summed E-state index contributed by atoms with van der Waals surface area (Å²) in [6, 6.07) is 12.7. The van der Waals surface area contributed by atoms with Crippen LogP contribution in [0, 0.1) is 47.0 Å². The maximum atomic E-state index is 15.2. The second-order valence-electron chi connectivity index (χ2n) is 10.1. The second kappa shape index (κ2) is 14.0. The molecule has 2 aromatic heterocycles. The highest BCUT2D eigenvalue weighted by molar-refractivity contribution is 6.65. The molecule has 0 aliphatic heterocycles. The van der Waals surface area contributed by atoms with Gasteiger partial charge in [0.15, 0.2) is 23.1 Å². The fourth-order valence-electron chi connectivity index (χ4n) is 4.39. The van der Waals surface area contributed by atoms with Gasteiger partial charge in [-0.3, -0.25) is 9.97 Å². The van der Waals surface area contributed by atoms with Crippen molar-refractivity contribution in [2.75, 3.05) is 11.9 Å². The van der Waals surface area contributed by atoms with E-state index in [1.807, 2.05) is 38.9 Å². The summed E-state index contributed by atoms with van der Waals surface area (Å²) in [6.07, 6.45) is 3.71.